The van der Waals surface area contributed by atoms with E-state index in [0.717, 1.165) is 27.9 Å². The van der Waals surface area contributed by atoms with Crippen LogP contribution in [0.5, 0.6) is 0 Å². The van der Waals surface area contributed by atoms with Crippen LogP contribution in [0.2, 0.25) is 0 Å². The van der Waals surface area contributed by atoms with Crippen LogP contribution in [0.1, 0.15) is 16.7 Å². The minimum Gasteiger partial charge on any atom is -0.320 e. The molecule has 1 radical (unpaired) electrons. The number of nitrogens with zero attached hydrogens (tertiary/aromatic N) is 1. The van der Waals surface area contributed by atoms with Crippen molar-refractivity contribution in [2.45, 2.75) is 27.3 Å². The smallest absolute Gasteiger partial charge is 0.290 e. The second-order valence-corrected chi connectivity index (χ2v) is 6.45. The molecule has 0 saturated heterocycles. The predicted molar refractivity (Wildman–Crippen MR) is 101 cm³/mol. The van der Waals surface area contributed by atoms with Crippen molar-refractivity contribution in [1.29, 1.82) is 0 Å². The summed E-state index contributed by atoms with van der Waals surface area (Å²) in [4.78, 5) is 12.5. The van der Waals surface area contributed by atoms with Crippen LogP contribution in [0.15, 0.2) is 67.0 Å². The Morgan fingerprint density at radius 2 is 1.54 bits per heavy atom. The topological polar surface area (TPSA) is 33.0 Å². The summed E-state index contributed by atoms with van der Waals surface area (Å²) >= 11 is 0. The molecule has 3 rings (SSSR count). The Hall–Kier alpha value is -1.84. The molecule has 3 nitrogen and oxygen atoms in total. The van der Waals surface area contributed by atoms with Gasteiger partial charge in [0.05, 0.1) is 0 Å². The quantitative estimate of drug-likeness (QED) is 0.631. The molecule has 0 aliphatic heterocycles. The van der Waals surface area contributed by atoms with Gasteiger partial charge in [0.15, 0.2) is 12.4 Å². The van der Waals surface area contributed by atoms with Gasteiger partial charge in [0.1, 0.15) is 0 Å². The van der Waals surface area contributed by atoms with E-state index in [9.17, 15) is 4.79 Å². The Morgan fingerprint density at radius 3 is 2.19 bits per heavy atom. The van der Waals surface area contributed by atoms with E-state index in [1.54, 1.807) is 0 Å². The summed E-state index contributed by atoms with van der Waals surface area (Å²) in [7, 11) is 0. The summed E-state index contributed by atoms with van der Waals surface area (Å²) in [5, 5.41) is 3.05. The fourth-order valence-electron chi connectivity index (χ4n) is 3.14. The van der Waals surface area contributed by atoms with Gasteiger partial charge in [-0.3, -0.25) is 4.79 Å². The van der Waals surface area contributed by atoms with Crippen LogP contribution in [0.3, 0.4) is 0 Å². The van der Waals surface area contributed by atoms with Crippen molar-refractivity contribution < 1.29 is 42.1 Å². The molecule has 0 atom stereocenters. The number of aryl methyl sites for hydroxylation is 3. The number of benzene rings is 2. The predicted octanol–water partition coefficient (Wildman–Crippen LogP) is 4.20. The molecule has 1 amide bonds. The minimum absolute atomic E-state index is 0. The van der Waals surface area contributed by atoms with Gasteiger partial charge in [0.2, 0.25) is 6.54 Å². The first kappa shape index (κ1) is 20.5. The van der Waals surface area contributed by atoms with Crippen LogP contribution >= 0.6 is 0 Å². The average molecular weight is 420 g/mol. The molecular weight excluding hydrogens is 397 g/mol. The Labute approximate surface area is 180 Å². The average Bonchev–Trinajstić information content (AvgIpc) is 2.59. The Morgan fingerprint density at radius 1 is 0.923 bits per heavy atom. The monoisotopic (exact) mass is 420 g/mol. The number of hydrogen-bond acceptors (Lipinski definition) is 1. The summed E-state index contributed by atoms with van der Waals surface area (Å²) in [6.07, 6.45) is 3.92. The van der Waals surface area contributed by atoms with E-state index in [2.05, 4.69) is 42.6 Å². The number of aromatic nitrogens is 1. The van der Waals surface area contributed by atoms with Crippen LogP contribution in [-0.2, 0) is 44.0 Å². The van der Waals surface area contributed by atoms with Crippen molar-refractivity contribution >= 4 is 11.6 Å². The maximum atomic E-state index is 12.5. The fourth-order valence-corrected chi connectivity index (χ4v) is 3.14. The van der Waals surface area contributed by atoms with E-state index in [1.807, 2.05) is 55.1 Å². The number of nitrogens with one attached hydrogen (secondary N) is 1. The van der Waals surface area contributed by atoms with Crippen LogP contribution in [0.25, 0.3) is 11.1 Å². The zero-order valence-corrected chi connectivity index (χ0v) is 18.3. The fraction of sp³-hybridized carbons (Fsp3) is 0.182. The Kier molecular flexibility index (Phi) is 7.25. The van der Waals surface area contributed by atoms with Gasteiger partial charge in [0, 0.05) is 50.0 Å². The van der Waals surface area contributed by atoms with Crippen LogP contribution in [-0.4, -0.2) is 5.91 Å². The third-order valence-corrected chi connectivity index (χ3v) is 4.23. The first-order valence-electron chi connectivity index (χ1n) is 8.45. The van der Waals surface area contributed by atoms with Gasteiger partial charge in [-0.25, -0.2) is 0 Å². The molecule has 0 bridgehead atoms. The molecule has 26 heavy (non-hydrogen) atoms. The second kappa shape index (κ2) is 9.20. The molecule has 3 aromatic rings. The molecule has 0 aliphatic rings. The largest absolute Gasteiger partial charge is 0.320 e. The van der Waals surface area contributed by atoms with Gasteiger partial charge in [-0.2, -0.15) is 4.57 Å². The molecular formula is C22H23N2OY+. The number of rotatable bonds is 4. The number of amides is 1. The molecule has 0 unspecified atom stereocenters. The molecule has 129 valence electrons. The molecule has 1 aromatic heterocycles. The van der Waals surface area contributed by atoms with Crippen molar-refractivity contribution in [3.05, 3.63) is 83.7 Å². The number of pyridine rings is 1. The summed E-state index contributed by atoms with van der Waals surface area (Å²) in [5.74, 6) is -0.0229. The van der Waals surface area contributed by atoms with Gasteiger partial charge in [0.25, 0.3) is 5.91 Å². The van der Waals surface area contributed by atoms with Crippen LogP contribution < -0.4 is 9.88 Å². The van der Waals surface area contributed by atoms with Crippen LogP contribution in [0.4, 0.5) is 5.69 Å². The zero-order chi connectivity index (χ0) is 17.8. The minimum atomic E-state index is -0.0229. The molecule has 0 saturated carbocycles. The maximum Gasteiger partial charge on any atom is 0.290 e. The van der Waals surface area contributed by atoms with E-state index in [-0.39, 0.29) is 45.2 Å². The van der Waals surface area contributed by atoms with E-state index in [0.29, 0.717) is 0 Å². The Balaban J connectivity index is 0.00000243. The van der Waals surface area contributed by atoms with Gasteiger partial charge in [-0.15, -0.1) is 0 Å². The third kappa shape index (κ3) is 5.09. The molecule has 1 heterocycles. The van der Waals surface area contributed by atoms with Crippen molar-refractivity contribution in [1.82, 2.24) is 0 Å². The second-order valence-electron chi connectivity index (χ2n) is 6.45. The van der Waals surface area contributed by atoms with Gasteiger partial charge in [-0.1, -0.05) is 48.0 Å². The van der Waals surface area contributed by atoms with Gasteiger partial charge < -0.3 is 5.32 Å². The van der Waals surface area contributed by atoms with Crippen molar-refractivity contribution in [2.75, 3.05) is 5.32 Å². The SMILES string of the molecule is Cc1cc(C)c(NC(=O)C[n+]2cccc(-c3ccccc3)c2)c(C)c1.[Y]. The summed E-state index contributed by atoms with van der Waals surface area (Å²) in [5.41, 5.74) is 6.54. The summed E-state index contributed by atoms with van der Waals surface area (Å²) in [6.45, 7) is 6.40. The van der Waals surface area contributed by atoms with Crippen molar-refractivity contribution in [3.63, 3.8) is 0 Å². The Bertz CT molecular complexity index is 884. The normalized spacial score (nSPS) is 10.1. The van der Waals surface area contributed by atoms with Gasteiger partial charge in [-0.05, 0) is 43.5 Å². The number of carbonyl (C=O) groups is 1. The molecule has 0 spiro atoms. The van der Waals surface area contributed by atoms with E-state index >= 15 is 0 Å². The summed E-state index contributed by atoms with van der Waals surface area (Å²) in [6, 6.07) is 18.4. The molecule has 0 fully saturated rings. The first-order valence-corrected chi connectivity index (χ1v) is 8.45. The van der Waals surface area contributed by atoms with E-state index < -0.39 is 0 Å². The van der Waals surface area contributed by atoms with Crippen molar-refractivity contribution in [3.8, 4) is 11.1 Å². The van der Waals surface area contributed by atoms with E-state index in [4.69, 9.17) is 0 Å². The molecule has 0 aliphatic carbocycles. The maximum absolute atomic E-state index is 12.5. The third-order valence-electron chi connectivity index (χ3n) is 4.23. The van der Waals surface area contributed by atoms with Gasteiger partial charge >= 0.3 is 0 Å². The molecule has 4 heteroatoms. The number of carbonyl (C=O) groups excluding carboxylic acids is 1. The number of anilines is 1. The first-order chi connectivity index (χ1) is 12.0. The molecule has 1 N–H and O–H groups in total. The number of hydrogen-bond donors (Lipinski definition) is 1. The summed E-state index contributed by atoms with van der Waals surface area (Å²) < 4.78 is 1.91. The van der Waals surface area contributed by atoms with Crippen LogP contribution in [0, 0.1) is 20.8 Å². The molecule has 2 aromatic carbocycles. The zero-order valence-electron chi connectivity index (χ0n) is 15.5. The van der Waals surface area contributed by atoms with Crippen molar-refractivity contribution in [2.24, 2.45) is 0 Å². The van der Waals surface area contributed by atoms with E-state index in [1.165, 1.54) is 5.56 Å². The standard InChI is InChI=1S/C22H22N2O.Y/c1-16-12-17(2)22(18(3)13-16)23-21(25)15-24-11-7-10-20(14-24)19-8-5-4-6-9-19;/h4-14H,15H2,1-3H3;/p+1.